The number of para-hydroxylation sites is 1. The lowest BCUT2D eigenvalue weighted by atomic mass is 9.82. The van der Waals surface area contributed by atoms with Crippen LogP contribution in [0.1, 0.15) is 29.2 Å². The van der Waals surface area contributed by atoms with E-state index in [1.807, 2.05) is 28.9 Å². The van der Waals surface area contributed by atoms with Crippen LogP contribution in [-0.2, 0) is 24.3 Å². The Labute approximate surface area is 205 Å². The molecule has 1 atom stereocenters. The zero-order chi connectivity index (χ0) is 26.1. The van der Waals surface area contributed by atoms with Gasteiger partial charge in [0.2, 0.25) is 0 Å². The van der Waals surface area contributed by atoms with E-state index in [1.165, 1.54) is 6.07 Å². The lowest BCUT2D eigenvalue weighted by Crippen LogP contribution is -2.55. The summed E-state index contributed by atoms with van der Waals surface area (Å²) in [6.07, 6.45) is -9.89. The molecule has 0 aromatic heterocycles. The van der Waals surface area contributed by atoms with E-state index < -0.39 is 29.0 Å². The van der Waals surface area contributed by atoms with E-state index in [0.29, 0.717) is 31.9 Å². The molecule has 0 amide bonds. The molecule has 0 N–H and O–H groups in total. The maximum Gasteiger partial charge on any atom is 0.416 e. The predicted octanol–water partition coefficient (Wildman–Crippen LogP) is 7.14. The number of hydrogen-bond acceptors (Lipinski definition) is 2. The fraction of sp³-hybridized carbons (Fsp3) is 0.333. The van der Waals surface area contributed by atoms with E-state index in [4.69, 9.17) is 0 Å². The molecule has 0 bridgehead atoms. The Kier molecular flexibility index (Phi) is 7.05. The summed E-state index contributed by atoms with van der Waals surface area (Å²) >= 11 is 0. The van der Waals surface area contributed by atoms with Crippen LogP contribution in [0.2, 0.25) is 0 Å². The Morgan fingerprint density at radius 2 is 1.19 bits per heavy atom. The predicted molar refractivity (Wildman–Crippen MR) is 124 cm³/mol. The second-order valence-corrected chi connectivity index (χ2v) is 9.16. The fourth-order valence-corrected chi connectivity index (χ4v) is 4.86. The highest BCUT2D eigenvalue weighted by Gasteiger charge is 2.40. The first-order chi connectivity index (χ1) is 16.9. The molecule has 9 heteroatoms. The molecule has 3 aromatic rings. The minimum atomic E-state index is -4.91. The highest BCUT2D eigenvalue weighted by Crippen LogP contribution is 2.39. The van der Waals surface area contributed by atoms with Crippen molar-refractivity contribution >= 4 is 5.69 Å². The molecule has 1 heterocycles. The van der Waals surface area contributed by atoms with Crippen LogP contribution < -0.4 is 4.90 Å². The molecule has 1 aliphatic rings. The third kappa shape index (κ3) is 5.51. The van der Waals surface area contributed by atoms with Crippen molar-refractivity contribution in [1.82, 2.24) is 4.90 Å². The van der Waals surface area contributed by atoms with Crippen LogP contribution in [0.25, 0.3) is 0 Å². The largest absolute Gasteiger partial charge is 0.416 e. The number of anilines is 1. The average molecular weight is 510 g/mol. The molecule has 1 saturated heterocycles. The number of rotatable bonds is 5. The van der Waals surface area contributed by atoms with Crippen molar-refractivity contribution < 1.29 is 30.7 Å². The zero-order valence-electron chi connectivity index (χ0n) is 19.5. The summed E-state index contributed by atoms with van der Waals surface area (Å²) in [6.45, 7) is 3.64. The van der Waals surface area contributed by atoms with Gasteiger partial charge in [-0.25, -0.2) is 4.39 Å². The van der Waals surface area contributed by atoms with E-state index in [1.54, 1.807) is 36.4 Å². The molecular formula is C27H25F7N2. The Balaban J connectivity index is 1.68. The summed E-state index contributed by atoms with van der Waals surface area (Å²) in [5.74, 6) is -0.347. The number of benzene rings is 3. The number of hydrogen-bond donors (Lipinski definition) is 0. The number of halogens is 7. The molecule has 1 fully saturated rings. The summed E-state index contributed by atoms with van der Waals surface area (Å²) in [4.78, 5) is 3.94. The van der Waals surface area contributed by atoms with Gasteiger partial charge in [0.15, 0.2) is 0 Å². The Hall–Kier alpha value is -3.07. The summed E-state index contributed by atoms with van der Waals surface area (Å²) in [5.41, 5.74) is -2.36. The first-order valence-corrected chi connectivity index (χ1v) is 11.5. The summed E-state index contributed by atoms with van der Waals surface area (Å²) < 4.78 is 95.1. The molecule has 3 aromatic carbocycles. The summed E-state index contributed by atoms with van der Waals surface area (Å²) in [7, 11) is 0. The van der Waals surface area contributed by atoms with Gasteiger partial charge in [0, 0.05) is 31.7 Å². The van der Waals surface area contributed by atoms with Gasteiger partial charge in [-0.15, -0.1) is 0 Å². The third-order valence-corrected chi connectivity index (χ3v) is 6.76. The van der Waals surface area contributed by atoms with Gasteiger partial charge >= 0.3 is 12.4 Å². The Morgan fingerprint density at radius 1 is 0.667 bits per heavy atom. The van der Waals surface area contributed by atoms with Crippen LogP contribution >= 0.6 is 0 Å². The van der Waals surface area contributed by atoms with Crippen LogP contribution in [0, 0.1) is 5.82 Å². The highest BCUT2D eigenvalue weighted by molar-refractivity contribution is 5.48. The third-order valence-electron chi connectivity index (χ3n) is 6.76. The first kappa shape index (κ1) is 26.0. The molecule has 192 valence electrons. The van der Waals surface area contributed by atoms with Gasteiger partial charge in [0.1, 0.15) is 5.82 Å². The molecule has 2 nitrogen and oxygen atoms in total. The van der Waals surface area contributed by atoms with Crippen LogP contribution in [0.3, 0.4) is 0 Å². The monoisotopic (exact) mass is 510 g/mol. The second-order valence-electron chi connectivity index (χ2n) is 9.16. The second kappa shape index (κ2) is 9.76. The summed E-state index contributed by atoms with van der Waals surface area (Å²) in [6, 6.07) is 17.2. The molecule has 0 spiro atoms. The van der Waals surface area contributed by atoms with Crippen molar-refractivity contribution in [3.8, 4) is 0 Å². The Morgan fingerprint density at radius 3 is 1.72 bits per heavy atom. The van der Waals surface area contributed by atoms with Crippen LogP contribution in [0.15, 0.2) is 72.8 Å². The average Bonchev–Trinajstić information content (AvgIpc) is 2.84. The van der Waals surface area contributed by atoms with Gasteiger partial charge < -0.3 is 4.90 Å². The van der Waals surface area contributed by atoms with Gasteiger partial charge in [-0.1, -0.05) is 42.5 Å². The normalized spacial score (nSPS) is 17.2. The maximum absolute atomic E-state index is 14.3. The van der Waals surface area contributed by atoms with Crippen molar-refractivity contribution in [3.63, 3.8) is 0 Å². The van der Waals surface area contributed by atoms with Gasteiger partial charge in [-0.2, -0.15) is 26.3 Å². The quantitative estimate of drug-likeness (QED) is 0.337. The summed E-state index contributed by atoms with van der Waals surface area (Å²) in [5, 5.41) is 0. The highest BCUT2D eigenvalue weighted by atomic mass is 19.4. The van der Waals surface area contributed by atoms with E-state index in [0.717, 1.165) is 17.7 Å². The number of piperazine rings is 1. The molecule has 36 heavy (non-hydrogen) atoms. The van der Waals surface area contributed by atoms with E-state index >= 15 is 0 Å². The molecular weight excluding hydrogens is 485 g/mol. The molecule has 0 saturated carbocycles. The Bertz CT molecular complexity index is 1150. The van der Waals surface area contributed by atoms with Crippen molar-refractivity contribution in [2.24, 2.45) is 0 Å². The lowest BCUT2D eigenvalue weighted by molar-refractivity contribution is -0.143. The van der Waals surface area contributed by atoms with E-state index in [-0.39, 0.29) is 23.9 Å². The van der Waals surface area contributed by atoms with Gasteiger partial charge in [0.05, 0.1) is 16.8 Å². The van der Waals surface area contributed by atoms with Crippen LogP contribution in [-0.4, -0.2) is 31.1 Å². The zero-order valence-corrected chi connectivity index (χ0v) is 19.5. The first-order valence-electron chi connectivity index (χ1n) is 11.5. The van der Waals surface area contributed by atoms with Gasteiger partial charge in [0.25, 0.3) is 0 Å². The van der Waals surface area contributed by atoms with Crippen molar-refractivity contribution in [2.45, 2.75) is 31.2 Å². The van der Waals surface area contributed by atoms with Crippen molar-refractivity contribution in [2.75, 3.05) is 31.1 Å². The minimum absolute atomic E-state index is 0.0555. The van der Waals surface area contributed by atoms with E-state index in [2.05, 4.69) is 0 Å². The molecule has 0 radical (unpaired) electrons. The van der Waals surface area contributed by atoms with Crippen molar-refractivity contribution in [1.29, 1.82) is 0 Å². The molecule has 0 aliphatic carbocycles. The van der Waals surface area contributed by atoms with E-state index in [9.17, 15) is 30.7 Å². The molecule has 1 aliphatic heterocycles. The van der Waals surface area contributed by atoms with Crippen LogP contribution in [0.4, 0.5) is 36.4 Å². The number of nitrogens with zero attached hydrogens (tertiary/aromatic N) is 2. The van der Waals surface area contributed by atoms with Gasteiger partial charge in [-0.3, -0.25) is 4.90 Å². The smallest absolute Gasteiger partial charge is 0.367 e. The SMILES string of the molecule is CC(Cc1cc(C(F)(F)F)cc(C(F)(F)F)c1)(c1ccccc1)N1CCN(c2ccccc2F)CC1. The number of alkyl halides is 6. The molecule has 4 rings (SSSR count). The fourth-order valence-electron chi connectivity index (χ4n) is 4.86. The molecule has 1 unspecified atom stereocenters. The maximum atomic E-state index is 14.3. The van der Waals surface area contributed by atoms with Gasteiger partial charge in [-0.05, 0) is 54.8 Å². The van der Waals surface area contributed by atoms with Crippen LogP contribution in [0.5, 0.6) is 0 Å². The topological polar surface area (TPSA) is 6.48 Å². The minimum Gasteiger partial charge on any atom is -0.367 e. The lowest BCUT2D eigenvalue weighted by Gasteiger charge is -2.47. The van der Waals surface area contributed by atoms with Crippen molar-refractivity contribution in [3.05, 3.63) is 101 Å². The standard InChI is InChI=1S/C27H25F7N2/c1-25(20-7-3-2-4-8-20,36-13-11-35(12-14-36)24-10-6-5-9-23(24)28)18-19-15-21(26(29,30)31)17-22(16-19)27(32,33)34/h2-10,15-17H,11-14,18H2,1H3.